The highest BCUT2D eigenvalue weighted by Gasteiger charge is 2.06. The normalized spacial score (nSPS) is 12.4. The van der Waals surface area contributed by atoms with Gasteiger partial charge in [-0.05, 0) is 36.6 Å². The van der Waals surface area contributed by atoms with Crippen molar-refractivity contribution in [1.82, 2.24) is 4.98 Å². The Morgan fingerprint density at radius 2 is 2.00 bits per heavy atom. The molecule has 1 atom stereocenters. The van der Waals surface area contributed by atoms with E-state index in [9.17, 15) is 5.11 Å². The van der Waals surface area contributed by atoms with E-state index in [0.717, 1.165) is 16.3 Å². The van der Waals surface area contributed by atoms with Gasteiger partial charge in [-0.1, -0.05) is 31.2 Å². The van der Waals surface area contributed by atoms with Gasteiger partial charge in [-0.25, -0.2) is 0 Å². The van der Waals surface area contributed by atoms with Crippen molar-refractivity contribution >= 4 is 11.8 Å². The molecular formula is C16H19NOS. The Bertz CT molecular complexity index is 525. The molecule has 0 radical (unpaired) electrons. The quantitative estimate of drug-likeness (QED) is 0.832. The van der Waals surface area contributed by atoms with E-state index in [1.54, 1.807) is 11.8 Å². The van der Waals surface area contributed by atoms with Gasteiger partial charge in [-0.15, -0.1) is 11.8 Å². The van der Waals surface area contributed by atoms with Gasteiger partial charge in [-0.2, -0.15) is 0 Å². The van der Waals surface area contributed by atoms with E-state index in [0.29, 0.717) is 6.42 Å². The molecule has 100 valence electrons. The molecule has 0 aliphatic rings. The third kappa shape index (κ3) is 3.82. The van der Waals surface area contributed by atoms with E-state index >= 15 is 0 Å². The van der Waals surface area contributed by atoms with Crippen LogP contribution in [-0.2, 0) is 5.75 Å². The summed E-state index contributed by atoms with van der Waals surface area (Å²) in [6.07, 6.45) is 2.09. The lowest BCUT2D eigenvalue weighted by molar-refractivity contribution is 0.169. The summed E-state index contributed by atoms with van der Waals surface area (Å²) >= 11 is 1.77. The number of aliphatic hydroxyl groups is 1. The van der Waals surface area contributed by atoms with Crippen LogP contribution >= 0.6 is 11.8 Å². The molecule has 0 fully saturated rings. The largest absolute Gasteiger partial charge is 0.387 e. The number of rotatable bonds is 5. The Hall–Kier alpha value is -1.32. The Morgan fingerprint density at radius 3 is 2.63 bits per heavy atom. The number of aryl methyl sites for hydroxylation is 1. The highest BCUT2D eigenvalue weighted by Crippen LogP contribution is 2.24. The van der Waals surface area contributed by atoms with Crippen LogP contribution in [0.5, 0.6) is 0 Å². The van der Waals surface area contributed by atoms with E-state index in [2.05, 4.69) is 36.2 Å². The second-order valence-electron chi connectivity index (χ2n) is 4.56. The number of pyridine rings is 1. The number of hydrogen-bond acceptors (Lipinski definition) is 3. The summed E-state index contributed by atoms with van der Waals surface area (Å²) in [6, 6.07) is 12.4. The van der Waals surface area contributed by atoms with Gasteiger partial charge in [0.25, 0.3) is 0 Å². The van der Waals surface area contributed by atoms with E-state index < -0.39 is 6.10 Å². The van der Waals surface area contributed by atoms with Gasteiger partial charge in [0, 0.05) is 16.8 Å². The van der Waals surface area contributed by atoms with Crippen LogP contribution in [0.2, 0.25) is 0 Å². The molecule has 0 aliphatic heterocycles. The zero-order chi connectivity index (χ0) is 13.7. The lowest BCUT2D eigenvalue weighted by atomic mass is 10.1. The zero-order valence-corrected chi connectivity index (χ0v) is 12.2. The molecule has 0 spiro atoms. The van der Waals surface area contributed by atoms with Crippen LogP contribution in [0.25, 0.3) is 0 Å². The zero-order valence-electron chi connectivity index (χ0n) is 11.3. The van der Waals surface area contributed by atoms with Gasteiger partial charge >= 0.3 is 0 Å². The highest BCUT2D eigenvalue weighted by molar-refractivity contribution is 7.98. The van der Waals surface area contributed by atoms with E-state index in [4.69, 9.17) is 0 Å². The van der Waals surface area contributed by atoms with E-state index in [1.165, 1.54) is 11.1 Å². The van der Waals surface area contributed by atoms with Crippen LogP contribution < -0.4 is 0 Å². The maximum Gasteiger partial charge on any atom is 0.0957 e. The first-order valence-corrected chi connectivity index (χ1v) is 7.50. The Labute approximate surface area is 118 Å². The fraction of sp³-hybridized carbons (Fsp3) is 0.312. The predicted octanol–water partition coefficient (Wildman–Crippen LogP) is 4.13. The van der Waals surface area contributed by atoms with Crippen molar-refractivity contribution in [1.29, 1.82) is 0 Å². The van der Waals surface area contributed by atoms with Crippen LogP contribution in [0.4, 0.5) is 0 Å². The topological polar surface area (TPSA) is 33.1 Å². The third-order valence-electron chi connectivity index (χ3n) is 3.14. The fourth-order valence-electron chi connectivity index (χ4n) is 1.82. The van der Waals surface area contributed by atoms with Gasteiger partial charge in [-0.3, -0.25) is 4.98 Å². The monoisotopic (exact) mass is 273 g/mol. The van der Waals surface area contributed by atoms with Crippen LogP contribution in [0.3, 0.4) is 0 Å². The molecule has 0 saturated heterocycles. The predicted molar refractivity (Wildman–Crippen MR) is 80.2 cm³/mol. The lowest BCUT2D eigenvalue weighted by Crippen LogP contribution is -1.98. The second kappa shape index (κ2) is 6.73. The molecule has 1 aromatic heterocycles. The van der Waals surface area contributed by atoms with Crippen LogP contribution in [0, 0.1) is 6.92 Å². The maximum absolute atomic E-state index is 9.70. The first-order chi connectivity index (χ1) is 9.20. The highest BCUT2D eigenvalue weighted by atomic mass is 32.2. The number of thioether (sulfide) groups is 1. The summed E-state index contributed by atoms with van der Waals surface area (Å²) in [4.78, 5) is 5.45. The molecular weight excluding hydrogens is 254 g/mol. The SMILES string of the molecule is CCC(O)c1ccc(SCc2ccccc2C)cn1. The molecule has 19 heavy (non-hydrogen) atoms. The average Bonchev–Trinajstić information content (AvgIpc) is 2.46. The van der Waals surface area contributed by atoms with E-state index in [1.807, 2.05) is 25.3 Å². The van der Waals surface area contributed by atoms with Crippen molar-refractivity contribution in [2.45, 2.75) is 37.0 Å². The van der Waals surface area contributed by atoms with Crippen molar-refractivity contribution in [3.05, 3.63) is 59.4 Å². The minimum Gasteiger partial charge on any atom is -0.387 e. The lowest BCUT2D eigenvalue weighted by Gasteiger charge is -2.08. The van der Waals surface area contributed by atoms with Crippen molar-refractivity contribution in [2.24, 2.45) is 0 Å². The third-order valence-corrected chi connectivity index (χ3v) is 4.17. The van der Waals surface area contributed by atoms with Gasteiger partial charge in [0.15, 0.2) is 0 Å². The van der Waals surface area contributed by atoms with E-state index in [-0.39, 0.29) is 0 Å². The minimum absolute atomic E-state index is 0.449. The van der Waals surface area contributed by atoms with Crippen molar-refractivity contribution in [2.75, 3.05) is 0 Å². The fourth-order valence-corrected chi connectivity index (χ4v) is 2.75. The standard InChI is InChI=1S/C16H19NOS/c1-3-16(18)15-9-8-14(10-17-15)19-11-13-7-5-4-6-12(13)2/h4-10,16,18H,3,11H2,1-2H3. The maximum atomic E-state index is 9.70. The first-order valence-electron chi connectivity index (χ1n) is 6.52. The number of hydrogen-bond donors (Lipinski definition) is 1. The molecule has 0 saturated carbocycles. The summed E-state index contributed by atoms with van der Waals surface area (Å²) in [6.45, 7) is 4.09. The summed E-state index contributed by atoms with van der Waals surface area (Å²) in [7, 11) is 0. The molecule has 2 aromatic rings. The van der Waals surface area contributed by atoms with Crippen LogP contribution in [0.15, 0.2) is 47.5 Å². The van der Waals surface area contributed by atoms with Gasteiger partial charge in [0.05, 0.1) is 11.8 Å². The summed E-state index contributed by atoms with van der Waals surface area (Å²) in [5.41, 5.74) is 3.42. The number of aromatic nitrogens is 1. The average molecular weight is 273 g/mol. The molecule has 3 heteroatoms. The molecule has 1 heterocycles. The Morgan fingerprint density at radius 1 is 1.21 bits per heavy atom. The Balaban J connectivity index is 1.99. The number of aliphatic hydroxyl groups excluding tert-OH is 1. The molecule has 1 aromatic carbocycles. The number of benzene rings is 1. The van der Waals surface area contributed by atoms with Crippen molar-refractivity contribution in [3.8, 4) is 0 Å². The van der Waals surface area contributed by atoms with Crippen LogP contribution in [-0.4, -0.2) is 10.1 Å². The van der Waals surface area contributed by atoms with Crippen LogP contribution in [0.1, 0.15) is 36.3 Å². The molecule has 1 N–H and O–H groups in total. The molecule has 2 nitrogen and oxygen atoms in total. The van der Waals surface area contributed by atoms with Gasteiger partial charge in [0.1, 0.15) is 0 Å². The van der Waals surface area contributed by atoms with Gasteiger partial charge in [0.2, 0.25) is 0 Å². The summed E-state index contributed by atoms with van der Waals surface area (Å²) < 4.78 is 0. The molecule has 0 bridgehead atoms. The minimum atomic E-state index is -0.449. The summed E-state index contributed by atoms with van der Waals surface area (Å²) in [5.74, 6) is 0.948. The smallest absolute Gasteiger partial charge is 0.0957 e. The Kier molecular flexibility index (Phi) is 5.00. The van der Waals surface area contributed by atoms with Crippen molar-refractivity contribution in [3.63, 3.8) is 0 Å². The molecule has 2 rings (SSSR count). The molecule has 0 amide bonds. The van der Waals surface area contributed by atoms with Gasteiger partial charge < -0.3 is 5.11 Å². The number of nitrogens with zero attached hydrogens (tertiary/aromatic N) is 1. The molecule has 0 aliphatic carbocycles. The molecule has 1 unspecified atom stereocenters. The summed E-state index contributed by atoms with van der Waals surface area (Å²) in [5, 5.41) is 9.70. The first kappa shape index (κ1) is 14.1. The van der Waals surface area contributed by atoms with Crippen molar-refractivity contribution < 1.29 is 5.11 Å². The second-order valence-corrected chi connectivity index (χ2v) is 5.61.